The second-order valence-electron chi connectivity index (χ2n) is 4.51. The Hall–Kier alpha value is -1.39. The molecule has 0 saturated carbocycles. The van der Waals surface area contributed by atoms with Gasteiger partial charge < -0.3 is 5.11 Å². The predicted octanol–water partition coefficient (Wildman–Crippen LogP) is 3.05. The Balaban J connectivity index is 2.17. The van der Waals surface area contributed by atoms with Gasteiger partial charge in [0.25, 0.3) is 0 Å². The van der Waals surface area contributed by atoms with Gasteiger partial charge in [-0.3, -0.25) is 4.68 Å². The van der Waals surface area contributed by atoms with Crippen LogP contribution in [0.2, 0.25) is 5.02 Å². The number of aromatic nitrogens is 2. The number of rotatable bonds is 4. The van der Waals surface area contributed by atoms with E-state index in [4.69, 9.17) is 11.6 Å². The zero-order chi connectivity index (χ0) is 14.0. The SMILES string of the molecule is CCc1cc(C(O)Cc2ccc(Cl)c(F)c2)n(C)n1. The number of aliphatic hydroxyl groups excluding tert-OH is 1. The molecule has 1 aromatic heterocycles. The fourth-order valence-electron chi connectivity index (χ4n) is 2.02. The molecule has 2 rings (SSSR count). The Morgan fingerprint density at radius 3 is 2.74 bits per heavy atom. The molecule has 0 amide bonds. The molecule has 2 aromatic rings. The summed E-state index contributed by atoms with van der Waals surface area (Å²) in [5.74, 6) is -0.467. The van der Waals surface area contributed by atoms with E-state index < -0.39 is 11.9 Å². The van der Waals surface area contributed by atoms with Crippen LogP contribution in [-0.4, -0.2) is 14.9 Å². The topological polar surface area (TPSA) is 38.0 Å². The minimum atomic E-state index is -0.710. The Morgan fingerprint density at radius 1 is 1.42 bits per heavy atom. The average molecular weight is 283 g/mol. The first-order chi connectivity index (χ1) is 9.01. The van der Waals surface area contributed by atoms with Crippen molar-refractivity contribution in [3.05, 3.63) is 52.1 Å². The molecule has 0 bridgehead atoms. The van der Waals surface area contributed by atoms with Gasteiger partial charge in [0, 0.05) is 13.5 Å². The van der Waals surface area contributed by atoms with E-state index in [1.54, 1.807) is 17.8 Å². The highest BCUT2D eigenvalue weighted by molar-refractivity contribution is 6.30. The summed E-state index contributed by atoms with van der Waals surface area (Å²) < 4.78 is 15.0. The lowest BCUT2D eigenvalue weighted by molar-refractivity contribution is 0.168. The molecule has 0 aliphatic heterocycles. The molecular formula is C14H16ClFN2O. The molecule has 0 spiro atoms. The zero-order valence-electron chi connectivity index (χ0n) is 10.9. The van der Waals surface area contributed by atoms with Crippen molar-refractivity contribution in [3.8, 4) is 0 Å². The Morgan fingerprint density at radius 2 is 2.16 bits per heavy atom. The van der Waals surface area contributed by atoms with Gasteiger partial charge in [-0.05, 0) is 30.2 Å². The fraction of sp³-hybridized carbons (Fsp3) is 0.357. The maximum atomic E-state index is 13.3. The summed E-state index contributed by atoms with van der Waals surface area (Å²) in [6.07, 6.45) is 0.436. The molecule has 1 heterocycles. The van der Waals surface area contributed by atoms with Gasteiger partial charge in [-0.2, -0.15) is 5.10 Å². The van der Waals surface area contributed by atoms with Crippen molar-refractivity contribution < 1.29 is 9.50 Å². The van der Waals surface area contributed by atoms with E-state index in [-0.39, 0.29) is 5.02 Å². The molecule has 1 aromatic carbocycles. The largest absolute Gasteiger partial charge is 0.386 e. The molecule has 0 aliphatic rings. The van der Waals surface area contributed by atoms with Crippen molar-refractivity contribution in [2.45, 2.75) is 25.9 Å². The van der Waals surface area contributed by atoms with E-state index in [0.29, 0.717) is 12.0 Å². The number of halogens is 2. The van der Waals surface area contributed by atoms with Crippen molar-refractivity contribution in [2.24, 2.45) is 7.05 Å². The average Bonchev–Trinajstić information content (AvgIpc) is 2.75. The highest BCUT2D eigenvalue weighted by Crippen LogP contribution is 2.22. The monoisotopic (exact) mass is 282 g/mol. The number of hydrogen-bond donors (Lipinski definition) is 1. The van der Waals surface area contributed by atoms with Crippen LogP contribution in [0.25, 0.3) is 0 Å². The van der Waals surface area contributed by atoms with Crippen LogP contribution >= 0.6 is 11.6 Å². The predicted molar refractivity (Wildman–Crippen MR) is 72.7 cm³/mol. The normalized spacial score (nSPS) is 12.7. The summed E-state index contributed by atoms with van der Waals surface area (Å²) in [7, 11) is 1.79. The molecule has 5 heteroatoms. The van der Waals surface area contributed by atoms with Gasteiger partial charge in [-0.15, -0.1) is 0 Å². The first kappa shape index (κ1) is 14.0. The Kier molecular flexibility index (Phi) is 4.22. The molecule has 0 fully saturated rings. The zero-order valence-corrected chi connectivity index (χ0v) is 11.7. The van der Waals surface area contributed by atoms with Crippen molar-refractivity contribution >= 4 is 11.6 Å². The van der Waals surface area contributed by atoms with E-state index in [1.807, 2.05) is 13.0 Å². The van der Waals surface area contributed by atoms with Gasteiger partial charge in [-0.25, -0.2) is 4.39 Å². The quantitative estimate of drug-likeness (QED) is 0.936. The maximum Gasteiger partial charge on any atom is 0.142 e. The fourth-order valence-corrected chi connectivity index (χ4v) is 2.14. The van der Waals surface area contributed by atoms with E-state index in [0.717, 1.165) is 17.8 Å². The lowest BCUT2D eigenvalue weighted by Gasteiger charge is -2.11. The molecule has 1 atom stereocenters. The summed E-state index contributed by atoms with van der Waals surface area (Å²) >= 11 is 5.63. The highest BCUT2D eigenvalue weighted by Gasteiger charge is 2.15. The van der Waals surface area contributed by atoms with Crippen LogP contribution in [0, 0.1) is 5.82 Å². The van der Waals surface area contributed by atoms with Gasteiger partial charge in [-0.1, -0.05) is 24.6 Å². The molecule has 102 valence electrons. The summed E-state index contributed by atoms with van der Waals surface area (Å²) in [5.41, 5.74) is 2.36. The van der Waals surface area contributed by atoms with Gasteiger partial charge in [0.2, 0.25) is 0 Å². The number of benzene rings is 1. The number of aryl methyl sites for hydroxylation is 2. The van der Waals surface area contributed by atoms with Crippen LogP contribution < -0.4 is 0 Å². The van der Waals surface area contributed by atoms with Crippen molar-refractivity contribution in [1.82, 2.24) is 9.78 Å². The van der Waals surface area contributed by atoms with Crippen LogP contribution in [-0.2, 0) is 19.9 Å². The Bertz CT molecular complexity index is 583. The van der Waals surface area contributed by atoms with Gasteiger partial charge in [0.05, 0.1) is 22.5 Å². The molecule has 0 aliphatic carbocycles. The summed E-state index contributed by atoms with van der Waals surface area (Å²) in [6, 6.07) is 6.44. The Labute approximate surface area is 116 Å². The molecule has 0 saturated heterocycles. The van der Waals surface area contributed by atoms with Crippen LogP contribution in [0.4, 0.5) is 4.39 Å². The van der Waals surface area contributed by atoms with E-state index >= 15 is 0 Å². The summed E-state index contributed by atoms with van der Waals surface area (Å²) in [4.78, 5) is 0. The van der Waals surface area contributed by atoms with Gasteiger partial charge in [0.1, 0.15) is 5.82 Å². The maximum absolute atomic E-state index is 13.3. The molecule has 3 nitrogen and oxygen atoms in total. The molecule has 1 N–H and O–H groups in total. The number of nitrogens with zero attached hydrogens (tertiary/aromatic N) is 2. The summed E-state index contributed by atoms with van der Waals surface area (Å²) in [5, 5.41) is 14.6. The third-order valence-corrected chi connectivity index (χ3v) is 3.39. The molecule has 1 unspecified atom stereocenters. The molecular weight excluding hydrogens is 267 g/mol. The molecule has 0 radical (unpaired) electrons. The van der Waals surface area contributed by atoms with E-state index in [1.165, 1.54) is 12.1 Å². The standard InChI is InChI=1S/C14H16ClFN2O/c1-3-10-8-13(18(2)17-10)14(19)7-9-4-5-11(15)12(16)6-9/h4-6,8,14,19H,3,7H2,1-2H3. The number of hydrogen-bond acceptors (Lipinski definition) is 2. The minimum absolute atomic E-state index is 0.0899. The second kappa shape index (κ2) is 5.72. The second-order valence-corrected chi connectivity index (χ2v) is 4.91. The summed E-state index contributed by atoms with van der Waals surface area (Å²) in [6.45, 7) is 2.01. The third-order valence-electron chi connectivity index (χ3n) is 3.08. The van der Waals surface area contributed by atoms with Crippen molar-refractivity contribution in [1.29, 1.82) is 0 Å². The first-order valence-corrected chi connectivity index (χ1v) is 6.54. The van der Waals surface area contributed by atoms with Crippen molar-refractivity contribution in [2.75, 3.05) is 0 Å². The third kappa shape index (κ3) is 3.14. The highest BCUT2D eigenvalue weighted by atomic mass is 35.5. The minimum Gasteiger partial charge on any atom is -0.386 e. The van der Waals surface area contributed by atoms with E-state index in [2.05, 4.69) is 5.10 Å². The number of aliphatic hydroxyl groups is 1. The van der Waals surface area contributed by atoms with Gasteiger partial charge in [0.15, 0.2) is 0 Å². The van der Waals surface area contributed by atoms with E-state index in [9.17, 15) is 9.50 Å². The smallest absolute Gasteiger partial charge is 0.142 e. The van der Waals surface area contributed by atoms with Crippen LogP contribution in [0.5, 0.6) is 0 Å². The molecule has 19 heavy (non-hydrogen) atoms. The van der Waals surface area contributed by atoms with Gasteiger partial charge >= 0.3 is 0 Å². The van der Waals surface area contributed by atoms with Crippen molar-refractivity contribution in [3.63, 3.8) is 0 Å². The lowest BCUT2D eigenvalue weighted by atomic mass is 10.1. The lowest BCUT2D eigenvalue weighted by Crippen LogP contribution is -2.08. The van der Waals surface area contributed by atoms with Crippen LogP contribution in [0.3, 0.4) is 0 Å². The first-order valence-electron chi connectivity index (χ1n) is 6.16. The van der Waals surface area contributed by atoms with Crippen LogP contribution in [0.15, 0.2) is 24.3 Å². The van der Waals surface area contributed by atoms with Crippen LogP contribution in [0.1, 0.15) is 30.0 Å².